The average molecular weight is 256 g/mol. The third-order valence-electron chi connectivity index (χ3n) is 4.23. The molecule has 0 radical (unpaired) electrons. The normalized spacial score (nSPS) is 27.0. The molecule has 2 aliphatic heterocycles. The minimum atomic E-state index is 0.496. The molecular weight excluding hydrogens is 224 g/mol. The summed E-state index contributed by atoms with van der Waals surface area (Å²) in [6.07, 6.45) is 4.50. The van der Waals surface area contributed by atoms with Crippen molar-refractivity contribution < 1.29 is 4.74 Å². The number of rotatable bonds is 4. The van der Waals surface area contributed by atoms with Gasteiger partial charge in [0, 0.05) is 26.7 Å². The van der Waals surface area contributed by atoms with E-state index in [0.717, 1.165) is 12.5 Å². The summed E-state index contributed by atoms with van der Waals surface area (Å²) >= 11 is 0. The average Bonchev–Trinajstić information content (AvgIpc) is 2.89. The molecule has 3 nitrogen and oxygen atoms in total. The van der Waals surface area contributed by atoms with Gasteiger partial charge in [-0.2, -0.15) is 0 Å². The molecular formula is C15H32N2O. The van der Waals surface area contributed by atoms with E-state index in [1.54, 1.807) is 0 Å². The van der Waals surface area contributed by atoms with E-state index < -0.39 is 0 Å². The Labute approximate surface area is 113 Å². The summed E-state index contributed by atoms with van der Waals surface area (Å²) < 4.78 is 5.42. The van der Waals surface area contributed by atoms with Gasteiger partial charge in [0.05, 0.1) is 6.10 Å². The summed E-state index contributed by atoms with van der Waals surface area (Å²) in [6.45, 7) is 13.8. The van der Waals surface area contributed by atoms with Gasteiger partial charge in [-0.15, -0.1) is 0 Å². The van der Waals surface area contributed by atoms with Crippen LogP contribution in [0.2, 0.25) is 0 Å². The number of nitrogens with zero attached hydrogens (tertiary/aromatic N) is 2. The highest BCUT2D eigenvalue weighted by Gasteiger charge is 2.26. The summed E-state index contributed by atoms with van der Waals surface area (Å²) in [5, 5.41) is 0. The highest BCUT2D eigenvalue weighted by molar-refractivity contribution is 4.80. The lowest BCUT2D eigenvalue weighted by atomic mass is 9.96. The highest BCUT2D eigenvalue weighted by Crippen LogP contribution is 2.21. The Morgan fingerprint density at radius 2 is 1.61 bits per heavy atom. The van der Waals surface area contributed by atoms with Crippen molar-refractivity contribution in [2.75, 3.05) is 46.4 Å². The summed E-state index contributed by atoms with van der Waals surface area (Å²) in [5.41, 5.74) is 0. The first-order valence-electron chi connectivity index (χ1n) is 7.79. The van der Waals surface area contributed by atoms with Crippen molar-refractivity contribution in [2.45, 2.75) is 46.1 Å². The summed E-state index contributed by atoms with van der Waals surface area (Å²) in [7, 11) is 1.84. The number of hydrogen-bond donors (Lipinski definition) is 0. The second-order valence-corrected chi connectivity index (χ2v) is 5.28. The Balaban J connectivity index is 0.000000771. The van der Waals surface area contributed by atoms with Gasteiger partial charge in [-0.25, -0.2) is 0 Å². The second kappa shape index (κ2) is 8.89. The minimum Gasteiger partial charge on any atom is -0.380 e. The van der Waals surface area contributed by atoms with Crippen molar-refractivity contribution in [3.8, 4) is 0 Å². The Morgan fingerprint density at radius 3 is 2.11 bits per heavy atom. The van der Waals surface area contributed by atoms with E-state index in [9.17, 15) is 0 Å². The Hall–Kier alpha value is -0.120. The van der Waals surface area contributed by atoms with Gasteiger partial charge in [-0.05, 0) is 44.8 Å². The molecule has 0 aromatic rings. The molecule has 18 heavy (non-hydrogen) atoms. The lowest BCUT2D eigenvalue weighted by Crippen LogP contribution is -2.38. The van der Waals surface area contributed by atoms with Gasteiger partial charge >= 0.3 is 0 Å². The summed E-state index contributed by atoms with van der Waals surface area (Å²) in [5.74, 6) is 0.929. The largest absolute Gasteiger partial charge is 0.380 e. The number of ether oxygens (including phenoxy) is 1. The van der Waals surface area contributed by atoms with E-state index in [1.165, 1.54) is 52.0 Å². The zero-order chi connectivity index (χ0) is 13.4. The van der Waals surface area contributed by atoms with Crippen LogP contribution in [0.25, 0.3) is 0 Å². The third-order valence-corrected chi connectivity index (χ3v) is 4.23. The number of methoxy groups -OCH3 is 1. The molecule has 1 atom stereocenters. The maximum atomic E-state index is 5.42. The maximum Gasteiger partial charge on any atom is 0.0710 e. The second-order valence-electron chi connectivity index (χ2n) is 5.28. The lowest BCUT2D eigenvalue weighted by Gasteiger charge is -2.33. The molecule has 0 saturated carbocycles. The minimum absolute atomic E-state index is 0.496. The van der Waals surface area contributed by atoms with Crippen LogP contribution in [-0.2, 0) is 4.74 Å². The third kappa shape index (κ3) is 4.87. The summed E-state index contributed by atoms with van der Waals surface area (Å²) in [6, 6.07) is 0. The van der Waals surface area contributed by atoms with Gasteiger partial charge in [0.15, 0.2) is 0 Å². The molecule has 2 saturated heterocycles. The first-order valence-corrected chi connectivity index (χ1v) is 7.79. The fourth-order valence-corrected chi connectivity index (χ4v) is 3.01. The molecule has 2 aliphatic rings. The Morgan fingerprint density at radius 1 is 1.00 bits per heavy atom. The fraction of sp³-hybridized carbons (Fsp3) is 1.00. The van der Waals surface area contributed by atoms with Crippen LogP contribution in [0.1, 0.15) is 40.0 Å². The molecule has 0 amide bonds. The summed E-state index contributed by atoms with van der Waals surface area (Å²) in [4.78, 5) is 5.17. The molecule has 108 valence electrons. The van der Waals surface area contributed by atoms with Crippen molar-refractivity contribution in [3.05, 3.63) is 0 Å². The molecule has 0 N–H and O–H groups in total. The molecule has 0 spiro atoms. The zero-order valence-corrected chi connectivity index (χ0v) is 12.8. The topological polar surface area (TPSA) is 15.7 Å². The van der Waals surface area contributed by atoms with E-state index >= 15 is 0 Å². The fourth-order valence-electron chi connectivity index (χ4n) is 3.01. The quantitative estimate of drug-likeness (QED) is 0.768. The van der Waals surface area contributed by atoms with Gasteiger partial charge in [0.2, 0.25) is 0 Å². The van der Waals surface area contributed by atoms with Gasteiger partial charge in [-0.1, -0.05) is 20.8 Å². The number of piperidine rings is 1. The molecule has 1 unspecified atom stereocenters. The molecule has 0 aromatic heterocycles. The van der Waals surface area contributed by atoms with Crippen molar-refractivity contribution in [3.63, 3.8) is 0 Å². The highest BCUT2D eigenvalue weighted by atomic mass is 16.5. The zero-order valence-electron chi connectivity index (χ0n) is 12.8. The van der Waals surface area contributed by atoms with Crippen LogP contribution >= 0.6 is 0 Å². The van der Waals surface area contributed by atoms with E-state index in [0.29, 0.717) is 6.10 Å². The van der Waals surface area contributed by atoms with Crippen LogP contribution in [0, 0.1) is 5.92 Å². The van der Waals surface area contributed by atoms with Crippen molar-refractivity contribution in [1.29, 1.82) is 0 Å². The maximum absolute atomic E-state index is 5.42. The number of likely N-dealkylation sites (tertiary alicyclic amines) is 2. The van der Waals surface area contributed by atoms with Gasteiger partial charge in [-0.3, -0.25) is 0 Å². The van der Waals surface area contributed by atoms with Crippen LogP contribution < -0.4 is 0 Å². The van der Waals surface area contributed by atoms with Crippen molar-refractivity contribution >= 4 is 0 Å². The van der Waals surface area contributed by atoms with Crippen LogP contribution in [-0.4, -0.2) is 62.3 Å². The van der Waals surface area contributed by atoms with Crippen LogP contribution in [0.5, 0.6) is 0 Å². The SMILES string of the molecule is CC.CCN1CCC(CN2CCC(OC)C2)CC1. The molecule has 2 fully saturated rings. The Bertz CT molecular complexity index is 203. The number of hydrogen-bond acceptors (Lipinski definition) is 3. The molecule has 2 rings (SSSR count). The monoisotopic (exact) mass is 256 g/mol. The van der Waals surface area contributed by atoms with Crippen LogP contribution in [0.4, 0.5) is 0 Å². The molecule has 0 aliphatic carbocycles. The van der Waals surface area contributed by atoms with Crippen LogP contribution in [0.3, 0.4) is 0 Å². The van der Waals surface area contributed by atoms with E-state index in [4.69, 9.17) is 4.74 Å². The molecule has 2 heterocycles. The predicted octanol–water partition coefficient (Wildman–Crippen LogP) is 2.47. The van der Waals surface area contributed by atoms with E-state index in [1.807, 2.05) is 21.0 Å². The van der Waals surface area contributed by atoms with Crippen LogP contribution in [0.15, 0.2) is 0 Å². The van der Waals surface area contributed by atoms with Crippen molar-refractivity contribution in [1.82, 2.24) is 9.80 Å². The van der Waals surface area contributed by atoms with Gasteiger partial charge < -0.3 is 14.5 Å². The smallest absolute Gasteiger partial charge is 0.0710 e. The predicted molar refractivity (Wildman–Crippen MR) is 78.0 cm³/mol. The lowest BCUT2D eigenvalue weighted by molar-refractivity contribution is 0.101. The van der Waals surface area contributed by atoms with E-state index in [-0.39, 0.29) is 0 Å². The van der Waals surface area contributed by atoms with E-state index in [2.05, 4.69) is 16.7 Å². The van der Waals surface area contributed by atoms with Gasteiger partial charge in [0.1, 0.15) is 0 Å². The first kappa shape index (κ1) is 15.9. The van der Waals surface area contributed by atoms with Gasteiger partial charge in [0.25, 0.3) is 0 Å². The Kier molecular flexibility index (Phi) is 7.87. The van der Waals surface area contributed by atoms with Crippen molar-refractivity contribution in [2.24, 2.45) is 5.92 Å². The molecule has 0 bridgehead atoms. The first-order chi connectivity index (χ1) is 8.81. The molecule has 3 heteroatoms. The molecule has 0 aromatic carbocycles. The standard InChI is InChI=1S/C13H26N2O.C2H6/c1-3-14-7-4-12(5-8-14)10-15-9-6-13(11-15)16-2;1-2/h12-13H,3-11H2,1-2H3;1-2H3.